The van der Waals surface area contributed by atoms with Gasteiger partial charge in [-0.3, -0.25) is 0 Å². The third-order valence-corrected chi connectivity index (χ3v) is 17.1. The smallest absolute Gasteiger partial charge is 0.137 e. The van der Waals surface area contributed by atoms with Crippen LogP contribution in [0.4, 0.5) is 17.1 Å². The SMILES string of the molecule is c1ccc2c(c1)Sc1ccccc1C21c2ccccc2-c2cc(N(c3ccc4c(c3)oc3ccccc34)c3cccc4c3-c3ccccc3C43c4ccccc4Sc4ccccc43)ccc21. The number of rotatable bonds is 3. The fourth-order valence-electron chi connectivity index (χ4n) is 12.3. The molecule has 0 amide bonds. The van der Waals surface area contributed by atoms with Crippen LogP contribution < -0.4 is 4.90 Å². The second-order valence-electron chi connectivity index (χ2n) is 17.8. The van der Waals surface area contributed by atoms with Crippen LogP contribution in [0.5, 0.6) is 0 Å². The van der Waals surface area contributed by atoms with Gasteiger partial charge in [-0.05, 0) is 122 Å². The molecule has 10 aromatic carbocycles. The van der Waals surface area contributed by atoms with Gasteiger partial charge in [-0.15, -0.1) is 0 Å². The first-order valence-electron chi connectivity index (χ1n) is 22.7. The minimum atomic E-state index is -0.502. The molecule has 0 unspecified atom stereocenters. The lowest BCUT2D eigenvalue weighted by molar-refractivity contribution is 0.669. The zero-order chi connectivity index (χ0) is 43.1. The molecule has 308 valence electrons. The summed E-state index contributed by atoms with van der Waals surface area (Å²) >= 11 is 3.77. The molecule has 2 spiro atoms. The Balaban J connectivity index is 1.03. The molecule has 2 aliphatic carbocycles. The molecule has 0 N–H and O–H groups in total. The molecule has 2 aliphatic heterocycles. The van der Waals surface area contributed by atoms with Crippen LogP contribution >= 0.6 is 23.5 Å². The number of hydrogen-bond acceptors (Lipinski definition) is 4. The predicted molar refractivity (Wildman–Crippen MR) is 271 cm³/mol. The van der Waals surface area contributed by atoms with Gasteiger partial charge in [0.05, 0.1) is 16.5 Å². The van der Waals surface area contributed by atoms with Crippen molar-refractivity contribution in [3.8, 4) is 22.3 Å². The summed E-state index contributed by atoms with van der Waals surface area (Å²) < 4.78 is 6.66. The van der Waals surface area contributed by atoms with Crippen LogP contribution in [0.15, 0.2) is 248 Å². The first-order valence-corrected chi connectivity index (χ1v) is 24.3. The van der Waals surface area contributed by atoms with E-state index in [2.05, 4.69) is 229 Å². The van der Waals surface area contributed by atoms with Gasteiger partial charge in [-0.25, -0.2) is 0 Å². The lowest BCUT2D eigenvalue weighted by atomic mass is 9.67. The van der Waals surface area contributed by atoms with E-state index in [-0.39, 0.29) is 0 Å². The number of para-hydroxylation sites is 1. The van der Waals surface area contributed by atoms with Crippen LogP contribution in [-0.2, 0) is 10.8 Å². The van der Waals surface area contributed by atoms with Gasteiger partial charge < -0.3 is 9.32 Å². The van der Waals surface area contributed by atoms with Gasteiger partial charge in [-0.1, -0.05) is 181 Å². The van der Waals surface area contributed by atoms with E-state index in [9.17, 15) is 0 Å². The molecule has 0 fully saturated rings. The number of nitrogens with zero attached hydrogens (tertiary/aromatic N) is 1. The molecule has 3 heterocycles. The van der Waals surface area contributed by atoms with E-state index in [1.165, 1.54) is 86.3 Å². The molecule has 0 saturated heterocycles. The second-order valence-corrected chi connectivity index (χ2v) is 20.0. The van der Waals surface area contributed by atoms with Gasteiger partial charge in [0.1, 0.15) is 11.2 Å². The van der Waals surface area contributed by atoms with Gasteiger partial charge in [0.15, 0.2) is 0 Å². The number of furan rings is 1. The van der Waals surface area contributed by atoms with Crippen LogP contribution in [0, 0.1) is 0 Å². The van der Waals surface area contributed by atoms with Gasteiger partial charge in [0.2, 0.25) is 0 Å². The Labute approximate surface area is 391 Å². The van der Waals surface area contributed by atoms with Crippen LogP contribution in [0.1, 0.15) is 44.5 Å². The minimum absolute atomic E-state index is 0.458. The van der Waals surface area contributed by atoms with Crippen LogP contribution in [0.25, 0.3) is 44.2 Å². The Kier molecular flexibility index (Phi) is 7.54. The standard InChI is InChI=1S/C62H37NOS2/c1-4-19-45-40(16-1)44-36-38(33-35-47(44)61(45)48-21-6-11-28-56(48)65-57-29-12-7-22-49(57)61)63(39-32-34-42-41-17-3-10-27-54(41)64-55(42)37-39)53-26-15-25-52-60(53)43-18-2-5-20-46(43)62(52)50-23-8-13-30-58(50)66-59-31-14-9-24-51(59)62/h1-37H. The fraction of sp³-hybridized carbons (Fsp3) is 0.0323. The number of benzene rings is 10. The number of anilines is 3. The lowest BCUT2D eigenvalue weighted by Gasteiger charge is -2.40. The Morgan fingerprint density at radius 1 is 0.318 bits per heavy atom. The third-order valence-electron chi connectivity index (χ3n) is 14.8. The minimum Gasteiger partial charge on any atom is -0.456 e. The molecule has 2 nitrogen and oxygen atoms in total. The molecule has 11 aromatic rings. The predicted octanol–water partition coefficient (Wildman–Crippen LogP) is 16.7. The summed E-state index contributed by atoms with van der Waals surface area (Å²) in [5.74, 6) is 0. The molecular weight excluding hydrogens is 839 g/mol. The summed E-state index contributed by atoms with van der Waals surface area (Å²) in [4.78, 5) is 7.71. The summed E-state index contributed by atoms with van der Waals surface area (Å²) in [7, 11) is 0. The number of hydrogen-bond donors (Lipinski definition) is 0. The van der Waals surface area contributed by atoms with Gasteiger partial charge in [-0.2, -0.15) is 0 Å². The van der Waals surface area contributed by atoms with Crippen LogP contribution in [0.3, 0.4) is 0 Å². The van der Waals surface area contributed by atoms with Crippen molar-refractivity contribution < 1.29 is 4.42 Å². The summed E-state index contributed by atoms with van der Waals surface area (Å²) in [5.41, 5.74) is 19.7. The molecule has 0 radical (unpaired) electrons. The molecular formula is C62H37NOS2. The normalized spacial score (nSPS) is 14.8. The first-order chi connectivity index (χ1) is 32.7. The highest BCUT2D eigenvalue weighted by atomic mass is 32.2. The van der Waals surface area contributed by atoms with Crippen LogP contribution in [0.2, 0.25) is 0 Å². The maximum Gasteiger partial charge on any atom is 0.137 e. The van der Waals surface area contributed by atoms with Crippen molar-refractivity contribution in [2.75, 3.05) is 4.90 Å². The van der Waals surface area contributed by atoms with Crippen molar-refractivity contribution in [2.24, 2.45) is 0 Å². The highest BCUT2D eigenvalue weighted by Crippen LogP contribution is 2.66. The van der Waals surface area contributed by atoms with E-state index in [4.69, 9.17) is 4.42 Å². The first kappa shape index (κ1) is 36.8. The van der Waals surface area contributed by atoms with Gasteiger partial charge in [0, 0.05) is 53.4 Å². The summed E-state index contributed by atoms with van der Waals surface area (Å²) in [6.45, 7) is 0. The van der Waals surface area contributed by atoms with Gasteiger partial charge >= 0.3 is 0 Å². The number of fused-ring (bicyclic) bond motifs is 21. The summed E-state index contributed by atoms with van der Waals surface area (Å²) in [5, 5.41) is 2.24. The van der Waals surface area contributed by atoms with Crippen molar-refractivity contribution in [1.82, 2.24) is 0 Å². The largest absolute Gasteiger partial charge is 0.456 e. The Hall–Kier alpha value is -7.50. The third kappa shape index (κ3) is 4.65. The zero-order valence-corrected chi connectivity index (χ0v) is 37.2. The van der Waals surface area contributed by atoms with Crippen molar-refractivity contribution >= 4 is 62.5 Å². The van der Waals surface area contributed by atoms with Crippen molar-refractivity contribution in [3.63, 3.8) is 0 Å². The molecule has 0 atom stereocenters. The average Bonchev–Trinajstić information content (AvgIpc) is 3.99. The Morgan fingerprint density at radius 2 is 0.773 bits per heavy atom. The molecule has 1 aromatic heterocycles. The molecule has 4 heteroatoms. The maximum atomic E-state index is 6.66. The molecule has 4 aliphatic rings. The zero-order valence-electron chi connectivity index (χ0n) is 35.5. The van der Waals surface area contributed by atoms with Crippen molar-refractivity contribution in [3.05, 3.63) is 269 Å². The van der Waals surface area contributed by atoms with Gasteiger partial charge in [0.25, 0.3) is 0 Å². The Bertz CT molecular complexity index is 3790. The van der Waals surface area contributed by atoms with Crippen molar-refractivity contribution in [1.29, 1.82) is 0 Å². The highest BCUT2D eigenvalue weighted by Gasteiger charge is 2.52. The lowest BCUT2D eigenvalue weighted by Crippen LogP contribution is -2.32. The van der Waals surface area contributed by atoms with Crippen molar-refractivity contribution in [2.45, 2.75) is 30.4 Å². The monoisotopic (exact) mass is 875 g/mol. The van der Waals surface area contributed by atoms with Crippen LogP contribution in [-0.4, -0.2) is 0 Å². The molecule has 15 rings (SSSR count). The van der Waals surface area contributed by atoms with E-state index < -0.39 is 10.8 Å². The molecule has 0 bridgehead atoms. The quantitative estimate of drug-likeness (QED) is 0.176. The van der Waals surface area contributed by atoms with E-state index in [0.29, 0.717) is 0 Å². The van der Waals surface area contributed by atoms with E-state index >= 15 is 0 Å². The Morgan fingerprint density at radius 3 is 1.42 bits per heavy atom. The maximum absolute atomic E-state index is 6.66. The average molecular weight is 876 g/mol. The fourth-order valence-corrected chi connectivity index (χ4v) is 14.7. The van der Waals surface area contributed by atoms with E-state index in [0.717, 1.165) is 39.0 Å². The summed E-state index contributed by atoms with van der Waals surface area (Å²) in [6.07, 6.45) is 0. The second kappa shape index (κ2) is 13.5. The van der Waals surface area contributed by atoms with E-state index in [1.54, 1.807) is 0 Å². The highest BCUT2D eigenvalue weighted by molar-refractivity contribution is 7.99. The topological polar surface area (TPSA) is 16.4 Å². The molecule has 0 saturated carbocycles. The molecule has 66 heavy (non-hydrogen) atoms. The van der Waals surface area contributed by atoms with E-state index in [1.807, 2.05) is 23.5 Å². The summed E-state index contributed by atoms with van der Waals surface area (Å²) in [6, 6.07) is 83.9.